The molecule has 0 spiro atoms. The van der Waals surface area contributed by atoms with E-state index < -0.39 is 0 Å². The Morgan fingerprint density at radius 2 is 1.12 bits per heavy atom. The van der Waals surface area contributed by atoms with Gasteiger partial charge >= 0.3 is 0 Å². The summed E-state index contributed by atoms with van der Waals surface area (Å²) in [5.41, 5.74) is 7.50. The molecule has 5 nitrogen and oxygen atoms in total. The van der Waals surface area contributed by atoms with Crippen LogP contribution < -0.4 is 0 Å². The van der Waals surface area contributed by atoms with Gasteiger partial charge in [-0.2, -0.15) is 0 Å². The average Bonchev–Trinajstić information content (AvgIpc) is 3.44. The molecule has 0 N–H and O–H groups in total. The number of para-hydroxylation sites is 2. The van der Waals surface area contributed by atoms with Crippen molar-refractivity contribution in [3.05, 3.63) is 134 Å². The van der Waals surface area contributed by atoms with Crippen molar-refractivity contribution in [2.45, 2.75) is 0 Å². The van der Waals surface area contributed by atoms with Gasteiger partial charge in [-0.05, 0) is 35.4 Å². The first-order chi connectivity index (χ1) is 20.3. The molecule has 3 aromatic heterocycles. The first-order valence-electron chi connectivity index (χ1n) is 13.5. The lowest BCUT2D eigenvalue weighted by atomic mass is 10.0. The van der Waals surface area contributed by atoms with Gasteiger partial charge in [0.1, 0.15) is 11.2 Å². The minimum absolute atomic E-state index is 0.570. The smallest absolute Gasteiger partial charge is 0.165 e. The third kappa shape index (κ3) is 4.12. The fraction of sp³-hybridized carbons (Fsp3) is 0. The monoisotopic (exact) mass is 526 g/mol. The van der Waals surface area contributed by atoms with Crippen LogP contribution in [-0.4, -0.2) is 19.9 Å². The van der Waals surface area contributed by atoms with E-state index in [4.69, 9.17) is 19.4 Å². The lowest BCUT2D eigenvalue weighted by Gasteiger charge is -2.10. The van der Waals surface area contributed by atoms with E-state index >= 15 is 0 Å². The van der Waals surface area contributed by atoms with Crippen molar-refractivity contribution >= 4 is 32.8 Å². The van der Waals surface area contributed by atoms with Gasteiger partial charge in [-0.3, -0.25) is 4.98 Å². The molecular formula is C36H22N4O. The van der Waals surface area contributed by atoms with E-state index in [0.29, 0.717) is 17.5 Å². The maximum atomic E-state index is 6.17. The van der Waals surface area contributed by atoms with E-state index in [2.05, 4.69) is 59.6 Å². The molecule has 3 heterocycles. The van der Waals surface area contributed by atoms with Gasteiger partial charge in [0.2, 0.25) is 0 Å². The van der Waals surface area contributed by atoms with E-state index in [9.17, 15) is 0 Å². The second kappa shape index (κ2) is 9.50. The molecule has 0 saturated carbocycles. The summed E-state index contributed by atoms with van der Waals surface area (Å²) >= 11 is 0. The van der Waals surface area contributed by atoms with Crippen LogP contribution in [0.4, 0.5) is 0 Å². The van der Waals surface area contributed by atoms with Gasteiger partial charge in [0, 0.05) is 39.0 Å². The highest BCUT2D eigenvalue weighted by Gasteiger charge is 2.18. The Hall–Kier alpha value is -5.68. The van der Waals surface area contributed by atoms with Gasteiger partial charge in [0.15, 0.2) is 17.5 Å². The number of aromatic nitrogens is 4. The molecule has 0 aliphatic carbocycles. The number of nitrogens with zero attached hydrogens (tertiary/aromatic N) is 4. The van der Waals surface area contributed by atoms with Gasteiger partial charge in [-0.15, -0.1) is 0 Å². The fourth-order valence-corrected chi connectivity index (χ4v) is 5.35. The molecule has 8 rings (SSSR count). The second-order valence-corrected chi connectivity index (χ2v) is 9.94. The Morgan fingerprint density at radius 1 is 0.463 bits per heavy atom. The number of hydrogen-bond acceptors (Lipinski definition) is 5. The molecule has 0 unspecified atom stereocenters. The molecule has 0 aliphatic rings. The zero-order valence-corrected chi connectivity index (χ0v) is 21.9. The van der Waals surface area contributed by atoms with Gasteiger partial charge in [0.05, 0.1) is 5.52 Å². The summed E-state index contributed by atoms with van der Waals surface area (Å²) in [4.78, 5) is 19.6. The van der Waals surface area contributed by atoms with Crippen LogP contribution in [0.3, 0.4) is 0 Å². The highest BCUT2D eigenvalue weighted by atomic mass is 16.3. The number of rotatable bonds is 4. The Kier molecular flexibility index (Phi) is 5.38. The predicted molar refractivity (Wildman–Crippen MR) is 164 cm³/mol. The normalized spacial score (nSPS) is 11.4. The summed E-state index contributed by atoms with van der Waals surface area (Å²) in [6, 6.07) is 42.9. The SMILES string of the molecule is c1ccc(-c2ccc(-c3nc(-c4cnc5ccccc5c4)nc(-c4cccc5oc6ccccc6c45)n3)cc2)cc1. The first-order valence-corrected chi connectivity index (χ1v) is 13.5. The van der Waals surface area contributed by atoms with Crippen LogP contribution in [0.1, 0.15) is 0 Å². The Bertz CT molecular complexity index is 2200. The number of pyridine rings is 1. The largest absolute Gasteiger partial charge is 0.456 e. The molecule has 0 amide bonds. The van der Waals surface area contributed by atoms with Crippen LogP contribution in [0.2, 0.25) is 0 Å². The molecule has 0 fully saturated rings. The fourth-order valence-electron chi connectivity index (χ4n) is 5.35. The molecule has 0 radical (unpaired) electrons. The molecule has 192 valence electrons. The van der Waals surface area contributed by atoms with E-state index in [1.54, 1.807) is 0 Å². The average molecular weight is 527 g/mol. The zero-order chi connectivity index (χ0) is 27.2. The van der Waals surface area contributed by atoms with Crippen molar-refractivity contribution in [2.75, 3.05) is 0 Å². The molecular weight excluding hydrogens is 504 g/mol. The number of furan rings is 1. The molecule has 8 aromatic rings. The molecule has 0 aliphatic heterocycles. The van der Waals surface area contributed by atoms with Crippen LogP contribution in [0, 0.1) is 0 Å². The lowest BCUT2D eigenvalue weighted by molar-refractivity contribution is 0.669. The summed E-state index contributed by atoms with van der Waals surface area (Å²) < 4.78 is 6.17. The topological polar surface area (TPSA) is 64.7 Å². The van der Waals surface area contributed by atoms with Crippen molar-refractivity contribution in [2.24, 2.45) is 0 Å². The van der Waals surface area contributed by atoms with Gasteiger partial charge in [-0.1, -0.05) is 103 Å². The first kappa shape index (κ1) is 23.2. The summed E-state index contributed by atoms with van der Waals surface area (Å²) in [6.07, 6.45) is 1.83. The highest BCUT2D eigenvalue weighted by molar-refractivity contribution is 6.11. The van der Waals surface area contributed by atoms with Crippen LogP contribution in [0.25, 0.3) is 78.1 Å². The molecule has 0 bridgehead atoms. The predicted octanol–water partition coefficient (Wildman–Crippen LogP) is 8.99. The van der Waals surface area contributed by atoms with Gasteiger partial charge in [-0.25, -0.2) is 15.0 Å². The van der Waals surface area contributed by atoms with E-state index in [1.807, 2.05) is 79.0 Å². The van der Waals surface area contributed by atoms with Crippen LogP contribution in [0.5, 0.6) is 0 Å². The zero-order valence-electron chi connectivity index (χ0n) is 21.9. The molecule has 0 atom stereocenters. The highest BCUT2D eigenvalue weighted by Crippen LogP contribution is 2.36. The Morgan fingerprint density at radius 3 is 2.00 bits per heavy atom. The van der Waals surface area contributed by atoms with Crippen molar-refractivity contribution in [1.29, 1.82) is 0 Å². The third-order valence-corrected chi connectivity index (χ3v) is 7.38. The number of benzene rings is 5. The van der Waals surface area contributed by atoms with Crippen molar-refractivity contribution < 1.29 is 4.42 Å². The maximum Gasteiger partial charge on any atom is 0.165 e. The van der Waals surface area contributed by atoms with Crippen LogP contribution >= 0.6 is 0 Å². The number of hydrogen-bond donors (Lipinski definition) is 0. The standard InChI is InChI=1S/C36H22N4O/c1-2-9-23(10-3-1)24-17-19-25(20-18-24)34-38-35(27-21-26-11-4-6-14-30(26)37-22-27)40-36(39-34)29-13-8-16-32-33(29)28-12-5-7-15-31(28)41-32/h1-22H. The van der Waals surface area contributed by atoms with E-state index in [-0.39, 0.29) is 0 Å². The molecule has 0 saturated heterocycles. The Labute approximate surface area is 235 Å². The lowest BCUT2D eigenvalue weighted by Crippen LogP contribution is -2.01. The van der Waals surface area contributed by atoms with E-state index in [1.165, 1.54) is 0 Å². The van der Waals surface area contributed by atoms with E-state index in [0.717, 1.165) is 60.7 Å². The Balaban J connectivity index is 1.34. The summed E-state index contributed by atoms with van der Waals surface area (Å²) in [6.45, 7) is 0. The summed E-state index contributed by atoms with van der Waals surface area (Å²) in [5.74, 6) is 1.75. The number of fused-ring (bicyclic) bond motifs is 4. The minimum atomic E-state index is 0.570. The summed E-state index contributed by atoms with van der Waals surface area (Å²) in [7, 11) is 0. The quantitative estimate of drug-likeness (QED) is 0.229. The second-order valence-electron chi connectivity index (χ2n) is 9.94. The van der Waals surface area contributed by atoms with Crippen molar-refractivity contribution in [1.82, 2.24) is 19.9 Å². The van der Waals surface area contributed by atoms with Gasteiger partial charge in [0.25, 0.3) is 0 Å². The molecule has 5 heteroatoms. The van der Waals surface area contributed by atoms with Crippen molar-refractivity contribution in [3.8, 4) is 45.3 Å². The molecule has 41 heavy (non-hydrogen) atoms. The minimum Gasteiger partial charge on any atom is -0.456 e. The summed E-state index contributed by atoms with van der Waals surface area (Å²) in [5, 5.41) is 3.05. The van der Waals surface area contributed by atoms with Gasteiger partial charge < -0.3 is 4.42 Å². The van der Waals surface area contributed by atoms with Crippen LogP contribution in [0.15, 0.2) is 138 Å². The van der Waals surface area contributed by atoms with Crippen molar-refractivity contribution in [3.63, 3.8) is 0 Å². The van der Waals surface area contributed by atoms with Crippen LogP contribution in [-0.2, 0) is 0 Å². The third-order valence-electron chi connectivity index (χ3n) is 7.38. The molecule has 5 aromatic carbocycles. The maximum absolute atomic E-state index is 6.17.